The normalized spacial score (nSPS) is 11.9. The van der Waals surface area contributed by atoms with Crippen molar-refractivity contribution in [3.8, 4) is 16.9 Å². The smallest absolute Gasteiger partial charge is 0.456 e. The Morgan fingerprint density at radius 3 is 2.08 bits per heavy atom. The molecule has 0 unspecified atom stereocenters. The predicted octanol–water partition coefficient (Wildman–Crippen LogP) is 4.79. The van der Waals surface area contributed by atoms with Crippen molar-refractivity contribution in [3.05, 3.63) is 48.0 Å². The molecule has 0 heterocycles. The highest BCUT2D eigenvalue weighted by atomic mass is 19.4. The number of halogens is 3. The van der Waals surface area contributed by atoms with Crippen molar-refractivity contribution in [2.45, 2.75) is 32.7 Å². The highest BCUT2D eigenvalue weighted by molar-refractivity contribution is 5.90. The first-order valence-electron chi connectivity index (χ1n) is 7.43. The summed E-state index contributed by atoms with van der Waals surface area (Å²) in [6, 6.07) is 10.1. The molecule has 2 aromatic rings. The summed E-state index contributed by atoms with van der Waals surface area (Å²) in [6.07, 6.45) is -4.80. The monoisotopic (exact) mass is 353 g/mol. The lowest BCUT2D eigenvalue weighted by Crippen LogP contribution is -2.23. The molecule has 0 aliphatic rings. The first-order chi connectivity index (χ1) is 11.4. The number of rotatable bonds is 3. The van der Waals surface area contributed by atoms with Gasteiger partial charge in [0.05, 0.1) is 5.56 Å². The average molecular weight is 353 g/mol. The fourth-order valence-electron chi connectivity index (χ4n) is 2.12. The van der Waals surface area contributed by atoms with Crippen LogP contribution in [0.5, 0.6) is 5.75 Å². The number of benzene rings is 2. The minimum Gasteiger partial charge on any atom is -0.456 e. The Bertz CT molecular complexity index is 763. The van der Waals surface area contributed by atoms with Crippen LogP contribution < -0.4 is 10.5 Å². The highest BCUT2D eigenvalue weighted by Gasteiger charge is 2.31. The standard InChI is InChI=1S/C18H18F3NO3/c1-17(2,3)25-16(23)12-6-4-11(5-7-12)13-8-14(22)10-15(9-13)24-18(19,20)21/h4-10H,22H2,1-3H3. The number of nitrogens with two attached hydrogens (primary N) is 1. The minimum atomic E-state index is -4.80. The maximum Gasteiger partial charge on any atom is 0.573 e. The molecule has 0 aliphatic heterocycles. The zero-order valence-electron chi connectivity index (χ0n) is 14.0. The van der Waals surface area contributed by atoms with Crippen molar-refractivity contribution < 1.29 is 27.4 Å². The Morgan fingerprint density at radius 1 is 0.960 bits per heavy atom. The molecule has 0 radical (unpaired) electrons. The quantitative estimate of drug-likeness (QED) is 0.637. The Kier molecular flexibility index (Phi) is 4.97. The zero-order chi connectivity index (χ0) is 18.8. The molecule has 0 saturated heterocycles. The third-order valence-corrected chi connectivity index (χ3v) is 3.02. The van der Waals surface area contributed by atoms with Crippen LogP contribution >= 0.6 is 0 Å². The minimum absolute atomic E-state index is 0.132. The Balaban J connectivity index is 2.26. The van der Waals surface area contributed by atoms with Gasteiger partial charge in [0.1, 0.15) is 11.4 Å². The topological polar surface area (TPSA) is 61.5 Å². The van der Waals surface area contributed by atoms with Gasteiger partial charge in [0, 0.05) is 11.8 Å². The van der Waals surface area contributed by atoms with Crippen LogP contribution in [-0.4, -0.2) is 17.9 Å². The third kappa shape index (κ3) is 5.70. The molecule has 2 aromatic carbocycles. The Hall–Kier alpha value is -2.70. The van der Waals surface area contributed by atoms with E-state index in [1.807, 2.05) is 0 Å². The molecule has 0 aromatic heterocycles. The lowest BCUT2D eigenvalue weighted by atomic mass is 10.0. The zero-order valence-corrected chi connectivity index (χ0v) is 14.0. The highest BCUT2D eigenvalue weighted by Crippen LogP contribution is 2.31. The van der Waals surface area contributed by atoms with Gasteiger partial charge in [-0.25, -0.2) is 4.79 Å². The van der Waals surface area contributed by atoms with Crippen LogP contribution in [0.3, 0.4) is 0 Å². The number of esters is 1. The molecule has 2 N–H and O–H groups in total. The van der Waals surface area contributed by atoms with Crippen LogP contribution in [0.2, 0.25) is 0 Å². The summed E-state index contributed by atoms with van der Waals surface area (Å²) in [7, 11) is 0. The fourth-order valence-corrected chi connectivity index (χ4v) is 2.12. The van der Waals surface area contributed by atoms with Gasteiger partial charge in [0.15, 0.2) is 0 Å². The molecule has 0 saturated carbocycles. The molecule has 0 amide bonds. The molecule has 0 atom stereocenters. The maximum atomic E-state index is 12.4. The number of ether oxygens (including phenoxy) is 2. The van der Waals surface area contributed by atoms with E-state index in [-0.39, 0.29) is 5.69 Å². The second-order valence-corrected chi connectivity index (χ2v) is 6.42. The second-order valence-electron chi connectivity index (χ2n) is 6.42. The molecular formula is C18H18F3NO3. The van der Waals surface area contributed by atoms with E-state index in [0.29, 0.717) is 16.7 Å². The molecule has 0 spiro atoms. The Morgan fingerprint density at radius 2 is 1.56 bits per heavy atom. The van der Waals surface area contributed by atoms with E-state index in [4.69, 9.17) is 10.5 Å². The van der Waals surface area contributed by atoms with Crippen LogP contribution in [0.4, 0.5) is 18.9 Å². The van der Waals surface area contributed by atoms with Crippen molar-refractivity contribution in [1.82, 2.24) is 0 Å². The molecule has 0 fully saturated rings. The van der Waals surface area contributed by atoms with Crippen molar-refractivity contribution in [1.29, 1.82) is 0 Å². The molecule has 4 nitrogen and oxygen atoms in total. The SMILES string of the molecule is CC(C)(C)OC(=O)c1ccc(-c2cc(N)cc(OC(F)(F)F)c2)cc1. The van der Waals surface area contributed by atoms with Crippen molar-refractivity contribution in [2.24, 2.45) is 0 Å². The van der Waals surface area contributed by atoms with E-state index in [1.54, 1.807) is 32.9 Å². The number of carbonyl (C=O) groups is 1. The molecular weight excluding hydrogens is 335 g/mol. The van der Waals surface area contributed by atoms with E-state index < -0.39 is 23.7 Å². The number of nitrogen functional groups attached to an aromatic ring is 1. The first kappa shape index (κ1) is 18.6. The summed E-state index contributed by atoms with van der Waals surface area (Å²) < 4.78 is 46.3. The first-order valence-corrected chi connectivity index (χ1v) is 7.43. The lowest BCUT2D eigenvalue weighted by Gasteiger charge is -2.19. The molecule has 134 valence electrons. The summed E-state index contributed by atoms with van der Waals surface area (Å²) in [6.45, 7) is 5.27. The van der Waals surface area contributed by atoms with Gasteiger partial charge in [-0.15, -0.1) is 13.2 Å². The fraction of sp³-hybridized carbons (Fsp3) is 0.278. The molecule has 7 heteroatoms. The number of alkyl halides is 3. The molecule has 0 aliphatic carbocycles. The van der Waals surface area contributed by atoms with Gasteiger partial charge < -0.3 is 15.2 Å². The van der Waals surface area contributed by atoms with Crippen LogP contribution in [0.15, 0.2) is 42.5 Å². The van der Waals surface area contributed by atoms with E-state index in [0.717, 1.165) is 6.07 Å². The van der Waals surface area contributed by atoms with Gasteiger partial charge >= 0.3 is 12.3 Å². The maximum absolute atomic E-state index is 12.4. The van der Waals surface area contributed by atoms with Crippen LogP contribution in [0.25, 0.3) is 11.1 Å². The lowest BCUT2D eigenvalue weighted by molar-refractivity contribution is -0.274. The predicted molar refractivity (Wildman–Crippen MR) is 88.1 cm³/mol. The molecule has 0 bridgehead atoms. The van der Waals surface area contributed by atoms with E-state index in [1.165, 1.54) is 24.3 Å². The number of hydrogen-bond acceptors (Lipinski definition) is 4. The summed E-state index contributed by atoms with van der Waals surface area (Å²) in [5.41, 5.74) is 6.53. The number of anilines is 1. The van der Waals surface area contributed by atoms with Gasteiger partial charge in [-0.05, 0) is 56.2 Å². The van der Waals surface area contributed by atoms with Gasteiger partial charge in [0.25, 0.3) is 0 Å². The molecule has 25 heavy (non-hydrogen) atoms. The summed E-state index contributed by atoms with van der Waals surface area (Å²) in [5.74, 6) is -0.883. The third-order valence-electron chi connectivity index (χ3n) is 3.02. The largest absolute Gasteiger partial charge is 0.573 e. The van der Waals surface area contributed by atoms with Crippen molar-refractivity contribution in [3.63, 3.8) is 0 Å². The van der Waals surface area contributed by atoms with E-state index in [2.05, 4.69) is 4.74 Å². The summed E-state index contributed by atoms with van der Waals surface area (Å²) >= 11 is 0. The van der Waals surface area contributed by atoms with Gasteiger partial charge in [0.2, 0.25) is 0 Å². The van der Waals surface area contributed by atoms with Crippen LogP contribution in [0.1, 0.15) is 31.1 Å². The van der Waals surface area contributed by atoms with Gasteiger partial charge in [-0.3, -0.25) is 0 Å². The van der Waals surface area contributed by atoms with E-state index >= 15 is 0 Å². The van der Waals surface area contributed by atoms with E-state index in [9.17, 15) is 18.0 Å². The summed E-state index contributed by atoms with van der Waals surface area (Å²) in [5, 5.41) is 0. The summed E-state index contributed by atoms with van der Waals surface area (Å²) in [4.78, 5) is 12.0. The Labute approximate surface area is 143 Å². The van der Waals surface area contributed by atoms with Gasteiger partial charge in [-0.2, -0.15) is 0 Å². The second kappa shape index (κ2) is 6.66. The number of hydrogen-bond donors (Lipinski definition) is 1. The van der Waals surface area contributed by atoms with Crippen molar-refractivity contribution in [2.75, 3.05) is 5.73 Å². The molecule has 2 rings (SSSR count). The van der Waals surface area contributed by atoms with Crippen molar-refractivity contribution >= 4 is 11.7 Å². The van der Waals surface area contributed by atoms with Crippen LogP contribution in [-0.2, 0) is 4.74 Å². The van der Waals surface area contributed by atoms with Crippen LogP contribution in [0, 0.1) is 0 Å². The van der Waals surface area contributed by atoms with Gasteiger partial charge in [-0.1, -0.05) is 12.1 Å². The number of carbonyl (C=O) groups excluding carboxylic acids is 1. The average Bonchev–Trinajstić information content (AvgIpc) is 2.43.